The molecule has 0 bridgehead atoms. The summed E-state index contributed by atoms with van der Waals surface area (Å²) < 4.78 is 32.6. The number of furan rings is 1. The highest BCUT2D eigenvalue weighted by molar-refractivity contribution is 7.92. The summed E-state index contributed by atoms with van der Waals surface area (Å²) in [6.07, 6.45) is 1.21. The smallest absolute Gasteiger partial charge is 0.194 e. The van der Waals surface area contributed by atoms with Crippen molar-refractivity contribution in [3.8, 4) is 0 Å². The first-order valence-corrected chi connectivity index (χ1v) is 11.1. The molecule has 2 aromatic rings. The van der Waals surface area contributed by atoms with Crippen LogP contribution >= 0.6 is 12.4 Å². The van der Waals surface area contributed by atoms with Crippen LogP contribution in [0.1, 0.15) is 36.8 Å². The van der Waals surface area contributed by atoms with Crippen molar-refractivity contribution in [3.63, 3.8) is 0 Å². The van der Waals surface area contributed by atoms with E-state index >= 15 is 0 Å². The third-order valence-corrected chi connectivity index (χ3v) is 7.18. The number of carbonyl (C=O) groups is 1. The number of halogens is 1. The van der Waals surface area contributed by atoms with Crippen LogP contribution in [0.25, 0.3) is 0 Å². The average Bonchev–Trinajstić information content (AvgIpc) is 3.03. The maximum atomic E-state index is 13.3. The van der Waals surface area contributed by atoms with E-state index in [4.69, 9.17) is 4.42 Å². The molecule has 1 atom stereocenters. The summed E-state index contributed by atoms with van der Waals surface area (Å²) in [4.78, 5) is 15.9. The Morgan fingerprint density at radius 1 is 1.24 bits per heavy atom. The van der Waals surface area contributed by atoms with Crippen molar-refractivity contribution in [2.24, 2.45) is 0 Å². The molecular weight excluding hydrogens is 412 g/mol. The minimum atomic E-state index is -3.58. The lowest BCUT2D eigenvalue weighted by atomic mass is 10.1. The Bertz CT molecular complexity index is 925. The predicted molar refractivity (Wildman–Crippen MR) is 115 cm³/mol. The molecule has 29 heavy (non-hydrogen) atoms. The van der Waals surface area contributed by atoms with Gasteiger partial charge in [0, 0.05) is 31.5 Å². The molecule has 0 saturated heterocycles. The standard InChI is InChI=1S/C21H28N2O4S.ClH/c1-16(24)9-10-21(28(25,26)19-7-5-4-6-8-19)23-12-11-20-17(14-23)13-18(27-20)15-22(2)3;/h4-8,13,21H,9-12,14-15H2,1-3H3;1H. The highest BCUT2D eigenvalue weighted by Gasteiger charge is 2.35. The van der Waals surface area contributed by atoms with Crippen molar-refractivity contribution in [1.29, 1.82) is 0 Å². The van der Waals surface area contributed by atoms with E-state index in [9.17, 15) is 13.2 Å². The number of hydrogen-bond acceptors (Lipinski definition) is 6. The lowest BCUT2D eigenvalue weighted by Crippen LogP contribution is -2.44. The van der Waals surface area contributed by atoms with E-state index in [1.54, 1.807) is 30.3 Å². The van der Waals surface area contributed by atoms with Gasteiger partial charge in [-0.2, -0.15) is 0 Å². The fourth-order valence-corrected chi connectivity index (χ4v) is 5.53. The molecule has 6 nitrogen and oxygen atoms in total. The zero-order chi connectivity index (χ0) is 20.3. The Balaban J connectivity index is 0.00000300. The van der Waals surface area contributed by atoms with Gasteiger partial charge in [-0.1, -0.05) is 18.2 Å². The minimum absolute atomic E-state index is 0. The minimum Gasteiger partial charge on any atom is -0.464 e. The molecule has 8 heteroatoms. The summed E-state index contributed by atoms with van der Waals surface area (Å²) in [5, 5.41) is -0.723. The maximum Gasteiger partial charge on any atom is 0.194 e. The van der Waals surface area contributed by atoms with Crippen molar-refractivity contribution < 1.29 is 17.6 Å². The van der Waals surface area contributed by atoms with Crippen LogP contribution in [0, 0.1) is 0 Å². The maximum absolute atomic E-state index is 13.3. The van der Waals surface area contributed by atoms with Crippen molar-refractivity contribution in [2.75, 3.05) is 20.6 Å². The van der Waals surface area contributed by atoms with Gasteiger partial charge in [0.25, 0.3) is 0 Å². The monoisotopic (exact) mass is 440 g/mol. The Kier molecular flexibility index (Phi) is 8.05. The molecule has 0 radical (unpaired) electrons. The van der Waals surface area contributed by atoms with Gasteiger partial charge in [-0.25, -0.2) is 8.42 Å². The molecule has 1 aromatic carbocycles. The van der Waals surface area contributed by atoms with E-state index in [0.717, 1.165) is 17.1 Å². The predicted octanol–water partition coefficient (Wildman–Crippen LogP) is 3.29. The number of benzene rings is 1. The molecule has 160 valence electrons. The first-order valence-electron chi connectivity index (χ1n) is 9.55. The molecule has 0 spiro atoms. The van der Waals surface area contributed by atoms with Gasteiger partial charge in [0.05, 0.1) is 11.4 Å². The lowest BCUT2D eigenvalue weighted by Gasteiger charge is -2.33. The largest absolute Gasteiger partial charge is 0.464 e. The van der Waals surface area contributed by atoms with Crippen molar-refractivity contribution >= 4 is 28.0 Å². The molecule has 1 aromatic heterocycles. The third-order valence-electron chi connectivity index (χ3n) is 5.00. The van der Waals surface area contributed by atoms with Crippen LogP contribution in [0.5, 0.6) is 0 Å². The van der Waals surface area contributed by atoms with E-state index in [1.807, 2.05) is 30.0 Å². The van der Waals surface area contributed by atoms with Gasteiger partial charge in [-0.15, -0.1) is 12.4 Å². The van der Waals surface area contributed by atoms with E-state index in [1.165, 1.54) is 6.92 Å². The first kappa shape index (κ1) is 23.6. The van der Waals surface area contributed by atoms with Crippen LogP contribution in [0.3, 0.4) is 0 Å². The number of hydrogen-bond donors (Lipinski definition) is 0. The van der Waals surface area contributed by atoms with Gasteiger partial charge in [0.2, 0.25) is 0 Å². The zero-order valence-corrected chi connectivity index (χ0v) is 18.8. The van der Waals surface area contributed by atoms with Crippen molar-refractivity contribution in [3.05, 3.63) is 53.5 Å². The first-order chi connectivity index (χ1) is 13.3. The second-order valence-electron chi connectivity index (χ2n) is 7.67. The number of fused-ring (bicyclic) bond motifs is 1. The summed E-state index contributed by atoms with van der Waals surface area (Å²) in [7, 11) is 0.392. The second kappa shape index (κ2) is 9.89. The average molecular weight is 441 g/mol. The summed E-state index contributed by atoms with van der Waals surface area (Å²) >= 11 is 0. The van der Waals surface area contributed by atoms with Crippen LogP contribution in [-0.4, -0.2) is 50.0 Å². The quantitative estimate of drug-likeness (QED) is 0.627. The molecule has 2 heterocycles. The lowest BCUT2D eigenvalue weighted by molar-refractivity contribution is -0.117. The zero-order valence-electron chi connectivity index (χ0n) is 17.1. The Morgan fingerprint density at radius 3 is 2.55 bits per heavy atom. The summed E-state index contributed by atoms with van der Waals surface area (Å²) in [5.41, 5.74) is 1.04. The Hall–Kier alpha value is -1.67. The summed E-state index contributed by atoms with van der Waals surface area (Å²) in [6, 6.07) is 10.5. The van der Waals surface area contributed by atoms with Gasteiger partial charge in [0.15, 0.2) is 9.84 Å². The van der Waals surface area contributed by atoms with Crippen molar-refractivity contribution in [1.82, 2.24) is 9.80 Å². The van der Waals surface area contributed by atoms with E-state index in [0.29, 0.717) is 37.4 Å². The number of sulfone groups is 1. The molecule has 0 saturated carbocycles. The van der Waals surface area contributed by atoms with Crippen LogP contribution in [0.4, 0.5) is 0 Å². The molecular formula is C21H29ClN2O4S. The fourth-order valence-electron chi connectivity index (χ4n) is 3.68. The third kappa shape index (κ3) is 5.69. The Labute approximate surface area is 179 Å². The molecule has 0 N–H and O–H groups in total. The second-order valence-corrected chi connectivity index (χ2v) is 9.78. The van der Waals surface area contributed by atoms with Gasteiger partial charge in [-0.3, -0.25) is 4.90 Å². The normalized spacial score (nSPS) is 15.6. The van der Waals surface area contributed by atoms with Crippen LogP contribution in [0.15, 0.2) is 45.7 Å². The molecule has 1 aliphatic rings. The fraction of sp³-hybridized carbons (Fsp3) is 0.476. The van der Waals surface area contributed by atoms with Crippen LogP contribution in [0.2, 0.25) is 0 Å². The van der Waals surface area contributed by atoms with Gasteiger partial charge in [-0.05, 0) is 45.6 Å². The topological polar surface area (TPSA) is 70.8 Å². The summed E-state index contributed by atoms with van der Waals surface area (Å²) in [5.74, 6) is 1.83. The molecule has 1 aliphatic heterocycles. The van der Waals surface area contributed by atoms with Gasteiger partial charge >= 0.3 is 0 Å². The summed E-state index contributed by atoms with van der Waals surface area (Å²) in [6.45, 7) is 3.32. The molecule has 0 amide bonds. The van der Waals surface area contributed by atoms with E-state index in [2.05, 4.69) is 0 Å². The van der Waals surface area contributed by atoms with E-state index in [-0.39, 0.29) is 24.6 Å². The number of nitrogens with zero attached hydrogens (tertiary/aromatic N) is 2. The number of Topliss-reactive ketones (excluding diaryl/α,β-unsaturated/α-hetero) is 1. The van der Waals surface area contributed by atoms with Gasteiger partial charge in [0.1, 0.15) is 22.7 Å². The highest BCUT2D eigenvalue weighted by Crippen LogP contribution is 2.30. The molecule has 0 aliphatic carbocycles. The molecule has 1 unspecified atom stereocenters. The highest BCUT2D eigenvalue weighted by atomic mass is 35.5. The number of rotatable bonds is 8. The van der Waals surface area contributed by atoms with E-state index < -0.39 is 15.2 Å². The Morgan fingerprint density at radius 2 is 1.93 bits per heavy atom. The van der Waals surface area contributed by atoms with Crippen LogP contribution in [-0.2, 0) is 34.1 Å². The van der Waals surface area contributed by atoms with Crippen molar-refractivity contribution in [2.45, 2.75) is 49.5 Å². The SMILES string of the molecule is CC(=O)CCC(N1CCc2oc(CN(C)C)cc2C1)S(=O)(=O)c1ccccc1.Cl. The molecule has 0 fully saturated rings. The molecule has 3 rings (SSSR count). The van der Waals surface area contributed by atoms with Crippen LogP contribution < -0.4 is 0 Å². The number of ketones is 1. The van der Waals surface area contributed by atoms with Gasteiger partial charge < -0.3 is 14.1 Å². The number of carbonyl (C=O) groups excluding carboxylic acids is 1.